The molecule has 0 spiro atoms. The summed E-state index contributed by atoms with van der Waals surface area (Å²) in [6, 6.07) is 0. The Kier molecular flexibility index (Phi) is 2.55. The lowest BCUT2D eigenvalue weighted by Gasteiger charge is -2.44. The summed E-state index contributed by atoms with van der Waals surface area (Å²) in [6.45, 7) is 7.29. The first-order chi connectivity index (χ1) is 7.31. The van der Waals surface area contributed by atoms with Gasteiger partial charge >= 0.3 is 5.97 Å². The van der Waals surface area contributed by atoms with E-state index in [2.05, 4.69) is 5.32 Å². The molecule has 0 radical (unpaired) electrons. The Morgan fingerprint density at radius 3 is 2.50 bits per heavy atom. The number of rotatable bonds is 3. The number of fused-ring (bicyclic) bond motifs is 1. The molecule has 4 heteroatoms. The summed E-state index contributed by atoms with van der Waals surface area (Å²) >= 11 is 0. The molecule has 16 heavy (non-hydrogen) atoms. The molecule has 0 aromatic rings. The fourth-order valence-corrected chi connectivity index (χ4v) is 2.89. The van der Waals surface area contributed by atoms with Crippen molar-refractivity contribution >= 4 is 5.97 Å². The van der Waals surface area contributed by atoms with E-state index in [0.29, 0.717) is 0 Å². The normalized spacial score (nSPS) is 37.0. The van der Waals surface area contributed by atoms with Crippen LogP contribution >= 0.6 is 0 Å². The summed E-state index contributed by atoms with van der Waals surface area (Å²) in [7, 11) is 1.71. The third-order valence-electron chi connectivity index (χ3n) is 3.40. The molecule has 3 fully saturated rings. The van der Waals surface area contributed by atoms with Crippen LogP contribution in [0.3, 0.4) is 0 Å². The molecule has 0 aromatic carbocycles. The minimum absolute atomic E-state index is 0.107. The van der Waals surface area contributed by atoms with Gasteiger partial charge in [-0.05, 0) is 33.6 Å². The zero-order chi connectivity index (χ0) is 12.0. The summed E-state index contributed by atoms with van der Waals surface area (Å²) in [4.78, 5) is 12.0. The predicted octanol–water partition coefficient (Wildman–Crippen LogP) is 1.10. The summed E-state index contributed by atoms with van der Waals surface area (Å²) in [6.07, 6.45) is 1.70. The smallest absolute Gasteiger partial charge is 0.326 e. The van der Waals surface area contributed by atoms with Gasteiger partial charge in [0, 0.05) is 19.1 Å². The maximum absolute atomic E-state index is 12.0. The van der Waals surface area contributed by atoms with Gasteiger partial charge in [0.1, 0.15) is 11.1 Å². The first kappa shape index (κ1) is 11.9. The lowest BCUT2D eigenvalue weighted by molar-refractivity contribution is -0.169. The van der Waals surface area contributed by atoms with Crippen LogP contribution in [-0.2, 0) is 14.3 Å². The van der Waals surface area contributed by atoms with Gasteiger partial charge in [-0.15, -0.1) is 0 Å². The van der Waals surface area contributed by atoms with Crippen molar-refractivity contribution in [1.29, 1.82) is 0 Å². The Hall–Kier alpha value is -0.610. The maximum atomic E-state index is 12.0. The Labute approximate surface area is 96.7 Å². The number of methoxy groups -OCH3 is 1. The van der Waals surface area contributed by atoms with E-state index in [1.54, 1.807) is 7.11 Å². The Balaban J connectivity index is 1.97. The molecule has 3 aliphatic rings. The van der Waals surface area contributed by atoms with Crippen LogP contribution in [0.1, 0.15) is 33.6 Å². The van der Waals surface area contributed by atoms with Crippen molar-refractivity contribution in [3.05, 3.63) is 0 Å². The number of esters is 1. The Bertz CT molecular complexity index is 300. The molecular weight excluding hydrogens is 206 g/mol. The minimum atomic E-state index is -0.425. The van der Waals surface area contributed by atoms with Crippen molar-refractivity contribution in [1.82, 2.24) is 5.32 Å². The highest BCUT2D eigenvalue weighted by molar-refractivity contribution is 5.84. The average molecular weight is 227 g/mol. The van der Waals surface area contributed by atoms with E-state index >= 15 is 0 Å². The summed E-state index contributed by atoms with van der Waals surface area (Å²) in [5.41, 5.74) is -0.660. The zero-order valence-corrected chi connectivity index (χ0v) is 10.6. The lowest BCUT2D eigenvalue weighted by atomic mass is 9.62. The highest BCUT2D eigenvalue weighted by Gasteiger charge is 2.65. The molecule has 3 rings (SSSR count). The van der Waals surface area contributed by atoms with Gasteiger partial charge < -0.3 is 14.8 Å². The van der Waals surface area contributed by atoms with Crippen LogP contribution in [0, 0.1) is 5.41 Å². The first-order valence-electron chi connectivity index (χ1n) is 5.78. The zero-order valence-electron chi connectivity index (χ0n) is 10.6. The van der Waals surface area contributed by atoms with Crippen LogP contribution in [0.15, 0.2) is 0 Å². The van der Waals surface area contributed by atoms with E-state index in [1.807, 2.05) is 20.8 Å². The van der Waals surface area contributed by atoms with Gasteiger partial charge in [-0.1, -0.05) is 0 Å². The number of nitrogens with one attached hydrogen (secondary N) is 1. The van der Waals surface area contributed by atoms with Crippen molar-refractivity contribution in [2.45, 2.75) is 44.8 Å². The number of carbonyl (C=O) groups is 1. The first-order valence-corrected chi connectivity index (χ1v) is 5.78. The monoisotopic (exact) mass is 227 g/mol. The van der Waals surface area contributed by atoms with Crippen molar-refractivity contribution in [3.63, 3.8) is 0 Å². The van der Waals surface area contributed by atoms with Crippen molar-refractivity contribution in [3.8, 4) is 0 Å². The molecule has 0 aromatic heterocycles. The number of carbonyl (C=O) groups excluding carboxylic acids is 1. The van der Waals surface area contributed by atoms with Gasteiger partial charge in [0.25, 0.3) is 0 Å². The molecule has 2 aliphatic heterocycles. The summed E-state index contributed by atoms with van der Waals surface area (Å²) in [5.74, 6) is -0.107. The quantitative estimate of drug-likeness (QED) is 0.733. The van der Waals surface area contributed by atoms with E-state index in [9.17, 15) is 4.79 Å². The Morgan fingerprint density at radius 1 is 1.38 bits per heavy atom. The molecule has 1 N–H and O–H groups in total. The molecule has 2 saturated heterocycles. The van der Waals surface area contributed by atoms with E-state index in [4.69, 9.17) is 9.47 Å². The second-order valence-electron chi connectivity index (χ2n) is 6.22. The molecule has 4 nitrogen and oxygen atoms in total. The topological polar surface area (TPSA) is 47.6 Å². The molecular formula is C12H21NO3. The van der Waals surface area contributed by atoms with Gasteiger partial charge in [0.05, 0.1) is 6.61 Å². The van der Waals surface area contributed by atoms with Gasteiger partial charge in [0.15, 0.2) is 0 Å². The number of hydrogen-bond donors (Lipinski definition) is 1. The molecule has 0 amide bonds. The van der Waals surface area contributed by atoms with Crippen LogP contribution in [0.25, 0.3) is 0 Å². The van der Waals surface area contributed by atoms with Gasteiger partial charge in [0.2, 0.25) is 0 Å². The van der Waals surface area contributed by atoms with Crippen LogP contribution in [0.4, 0.5) is 0 Å². The van der Waals surface area contributed by atoms with Crippen LogP contribution in [-0.4, -0.2) is 37.4 Å². The number of hydrogen-bond acceptors (Lipinski definition) is 4. The van der Waals surface area contributed by atoms with Gasteiger partial charge in [-0.2, -0.15) is 0 Å². The van der Waals surface area contributed by atoms with E-state index in [-0.39, 0.29) is 11.4 Å². The largest absolute Gasteiger partial charge is 0.459 e. The second kappa shape index (κ2) is 3.44. The lowest BCUT2D eigenvalue weighted by Crippen LogP contribution is -2.57. The molecule has 0 unspecified atom stereocenters. The van der Waals surface area contributed by atoms with E-state index < -0.39 is 11.1 Å². The fraction of sp³-hybridized carbons (Fsp3) is 0.917. The standard InChI is InChI=1S/C12H21NO3/c1-10(2,3)16-9(14)12-5-11(6-12,7-13-12)8-15-4/h13H,5-8H2,1-4H3. The van der Waals surface area contributed by atoms with Crippen LogP contribution in [0.2, 0.25) is 0 Å². The Morgan fingerprint density at radius 2 is 2.00 bits per heavy atom. The second-order valence-corrected chi connectivity index (χ2v) is 6.22. The molecule has 0 atom stereocenters. The van der Waals surface area contributed by atoms with Crippen molar-refractivity contribution in [2.24, 2.45) is 5.41 Å². The fourth-order valence-electron chi connectivity index (χ4n) is 2.89. The summed E-state index contributed by atoms with van der Waals surface area (Å²) < 4.78 is 10.6. The highest BCUT2D eigenvalue weighted by Crippen LogP contribution is 2.54. The van der Waals surface area contributed by atoms with Crippen molar-refractivity contribution < 1.29 is 14.3 Å². The molecule has 2 heterocycles. The highest BCUT2D eigenvalue weighted by atomic mass is 16.6. The third-order valence-corrected chi connectivity index (χ3v) is 3.40. The molecule has 92 valence electrons. The van der Waals surface area contributed by atoms with Crippen LogP contribution < -0.4 is 5.32 Å². The van der Waals surface area contributed by atoms with Gasteiger partial charge in [-0.3, -0.25) is 4.79 Å². The van der Waals surface area contributed by atoms with E-state index in [0.717, 1.165) is 26.0 Å². The summed E-state index contributed by atoms with van der Waals surface area (Å²) in [5, 5.41) is 3.30. The third kappa shape index (κ3) is 1.84. The van der Waals surface area contributed by atoms with E-state index in [1.165, 1.54) is 0 Å². The average Bonchev–Trinajstić information content (AvgIpc) is 2.56. The SMILES string of the molecule is COCC12CNC(C(=O)OC(C)(C)C)(C1)C2. The number of ether oxygens (including phenoxy) is 2. The molecule has 1 saturated carbocycles. The van der Waals surface area contributed by atoms with Gasteiger partial charge in [-0.25, -0.2) is 0 Å². The molecule has 2 bridgehead atoms. The molecule has 1 aliphatic carbocycles. The maximum Gasteiger partial charge on any atom is 0.326 e. The minimum Gasteiger partial charge on any atom is -0.459 e. The van der Waals surface area contributed by atoms with Crippen LogP contribution in [0.5, 0.6) is 0 Å². The van der Waals surface area contributed by atoms with Crippen molar-refractivity contribution in [2.75, 3.05) is 20.3 Å². The predicted molar refractivity (Wildman–Crippen MR) is 60.1 cm³/mol.